The van der Waals surface area contributed by atoms with Gasteiger partial charge in [-0.25, -0.2) is 14.6 Å². The van der Waals surface area contributed by atoms with Crippen molar-refractivity contribution in [3.63, 3.8) is 0 Å². The van der Waals surface area contributed by atoms with Crippen molar-refractivity contribution >= 4 is 46.7 Å². The highest BCUT2D eigenvalue weighted by Gasteiger charge is 2.56. The molecule has 6 nitrogen and oxygen atoms in total. The standard InChI is InChI=1S/C20H15Cl2N3O3/c1-12(26)25-19(28)24(17-8-15(21)7-16(22)9-17)18(27)20(25,2)10-13-3-5-14(11-23)6-4-13/h3-9H,10H2,1-2H3/t20-/m1/s1. The van der Waals surface area contributed by atoms with Crippen molar-refractivity contribution in [2.45, 2.75) is 25.8 Å². The lowest BCUT2D eigenvalue weighted by atomic mass is 9.90. The first-order valence-corrected chi connectivity index (χ1v) is 9.07. The molecule has 0 saturated carbocycles. The SMILES string of the molecule is CC(=O)N1C(=O)N(c2cc(Cl)cc(Cl)c2)C(=O)[C@@]1(C)Cc1ccc(C#N)cc1. The van der Waals surface area contributed by atoms with Gasteiger partial charge in [0.2, 0.25) is 5.91 Å². The maximum Gasteiger partial charge on any atom is 0.339 e. The molecular weight excluding hydrogens is 401 g/mol. The molecule has 4 amide bonds. The molecule has 0 radical (unpaired) electrons. The van der Waals surface area contributed by atoms with E-state index in [4.69, 9.17) is 28.5 Å². The Morgan fingerprint density at radius 1 is 1.11 bits per heavy atom. The van der Waals surface area contributed by atoms with Crippen LogP contribution in [0.25, 0.3) is 0 Å². The Morgan fingerprint density at radius 3 is 2.18 bits per heavy atom. The molecule has 3 rings (SSSR count). The zero-order valence-electron chi connectivity index (χ0n) is 15.1. The summed E-state index contributed by atoms with van der Waals surface area (Å²) in [4.78, 5) is 40.4. The fourth-order valence-corrected chi connectivity index (χ4v) is 3.88. The normalized spacial score (nSPS) is 19.1. The molecule has 0 spiro atoms. The number of anilines is 1. The number of imide groups is 2. The number of hydrogen-bond donors (Lipinski definition) is 0. The molecule has 8 heteroatoms. The van der Waals surface area contributed by atoms with Crippen LogP contribution in [0.5, 0.6) is 0 Å². The third-order valence-corrected chi connectivity index (χ3v) is 5.03. The molecule has 2 aromatic rings. The van der Waals surface area contributed by atoms with E-state index in [1.165, 1.54) is 25.1 Å². The molecule has 0 unspecified atom stereocenters. The van der Waals surface area contributed by atoms with Gasteiger partial charge >= 0.3 is 6.03 Å². The molecule has 0 aromatic heterocycles. The third kappa shape index (κ3) is 3.35. The van der Waals surface area contributed by atoms with Gasteiger partial charge in [-0.1, -0.05) is 35.3 Å². The summed E-state index contributed by atoms with van der Waals surface area (Å²) < 4.78 is 0. The summed E-state index contributed by atoms with van der Waals surface area (Å²) >= 11 is 12.0. The number of nitriles is 1. The van der Waals surface area contributed by atoms with Gasteiger partial charge in [-0.3, -0.25) is 9.59 Å². The van der Waals surface area contributed by atoms with Crippen molar-refractivity contribution in [3.05, 3.63) is 63.6 Å². The smallest absolute Gasteiger partial charge is 0.275 e. The van der Waals surface area contributed by atoms with E-state index >= 15 is 0 Å². The first-order chi connectivity index (χ1) is 13.2. The lowest BCUT2D eigenvalue weighted by molar-refractivity contribution is -0.135. The van der Waals surface area contributed by atoms with Crippen LogP contribution in [-0.2, 0) is 16.0 Å². The van der Waals surface area contributed by atoms with Gasteiger partial charge < -0.3 is 0 Å². The Labute approximate surface area is 171 Å². The Balaban J connectivity index is 2.05. The summed E-state index contributed by atoms with van der Waals surface area (Å²) in [5.74, 6) is -1.11. The van der Waals surface area contributed by atoms with Gasteiger partial charge in [0.25, 0.3) is 5.91 Å². The van der Waals surface area contributed by atoms with Crippen molar-refractivity contribution < 1.29 is 14.4 Å². The second-order valence-corrected chi connectivity index (χ2v) is 7.54. The molecule has 0 bridgehead atoms. The number of hydrogen-bond acceptors (Lipinski definition) is 4. The van der Waals surface area contributed by atoms with E-state index in [0.717, 1.165) is 9.80 Å². The lowest BCUT2D eigenvalue weighted by Gasteiger charge is -2.29. The third-order valence-electron chi connectivity index (χ3n) is 4.59. The van der Waals surface area contributed by atoms with Crippen LogP contribution in [0.4, 0.5) is 10.5 Å². The fourth-order valence-electron chi connectivity index (χ4n) is 3.36. The summed E-state index contributed by atoms with van der Waals surface area (Å²) in [5.41, 5.74) is -0.0465. The number of amides is 4. The van der Waals surface area contributed by atoms with E-state index in [1.54, 1.807) is 31.2 Å². The minimum absolute atomic E-state index is 0.105. The van der Waals surface area contributed by atoms with Crippen molar-refractivity contribution in [3.8, 4) is 6.07 Å². The van der Waals surface area contributed by atoms with E-state index < -0.39 is 23.4 Å². The quantitative estimate of drug-likeness (QED) is 0.703. The monoisotopic (exact) mass is 415 g/mol. The van der Waals surface area contributed by atoms with Gasteiger partial charge in [0, 0.05) is 23.4 Å². The fraction of sp³-hybridized carbons (Fsp3) is 0.200. The largest absolute Gasteiger partial charge is 0.339 e. The molecule has 0 aliphatic carbocycles. The van der Waals surface area contributed by atoms with Crippen LogP contribution >= 0.6 is 23.2 Å². The zero-order valence-corrected chi connectivity index (χ0v) is 16.6. The van der Waals surface area contributed by atoms with Gasteiger partial charge in [-0.15, -0.1) is 0 Å². The lowest BCUT2D eigenvalue weighted by Crippen LogP contribution is -2.51. The van der Waals surface area contributed by atoms with Crippen LogP contribution in [0.1, 0.15) is 25.0 Å². The maximum absolute atomic E-state index is 13.3. The topological polar surface area (TPSA) is 81.5 Å². The van der Waals surface area contributed by atoms with Crippen molar-refractivity contribution in [1.82, 2.24) is 4.90 Å². The zero-order chi connectivity index (χ0) is 20.6. The van der Waals surface area contributed by atoms with Gasteiger partial charge in [0.05, 0.1) is 17.3 Å². The van der Waals surface area contributed by atoms with Crippen molar-refractivity contribution in [2.75, 3.05) is 4.90 Å². The number of halogens is 2. The average Bonchev–Trinajstić information content (AvgIpc) is 2.80. The second kappa shape index (κ2) is 7.27. The maximum atomic E-state index is 13.3. The van der Waals surface area contributed by atoms with E-state index in [-0.39, 0.29) is 22.2 Å². The van der Waals surface area contributed by atoms with E-state index in [2.05, 4.69) is 0 Å². The molecule has 142 valence electrons. The number of carbonyl (C=O) groups is 3. The van der Waals surface area contributed by atoms with Crippen LogP contribution < -0.4 is 4.90 Å². The molecule has 1 atom stereocenters. The first kappa shape index (κ1) is 19.9. The summed E-state index contributed by atoms with van der Waals surface area (Å²) in [6, 6.07) is 12.2. The molecule has 1 saturated heterocycles. The predicted molar refractivity (Wildman–Crippen MR) is 105 cm³/mol. The molecule has 1 heterocycles. The summed E-state index contributed by atoms with van der Waals surface area (Å²) in [6.07, 6.45) is 0.105. The van der Waals surface area contributed by atoms with Crippen LogP contribution in [-0.4, -0.2) is 28.3 Å². The Kier molecular flexibility index (Phi) is 5.16. The molecule has 1 aliphatic heterocycles. The molecule has 1 aliphatic rings. The number of urea groups is 1. The molecule has 1 fully saturated rings. The van der Waals surface area contributed by atoms with Crippen molar-refractivity contribution in [1.29, 1.82) is 5.26 Å². The summed E-state index contributed by atoms with van der Waals surface area (Å²) in [6.45, 7) is 2.77. The molecule has 28 heavy (non-hydrogen) atoms. The predicted octanol–water partition coefficient (Wildman–Crippen LogP) is 4.18. The molecule has 0 N–H and O–H groups in total. The number of carbonyl (C=O) groups excluding carboxylic acids is 3. The summed E-state index contributed by atoms with van der Waals surface area (Å²) in [5, 5.41) is 9.46. The Bertz CT molecular complexity index is 1010. The second-order valence-electron chi connectivity index (χ2n) is 6.66. The average molecular weight is 416 g/mol. The molecule has 2 aromatic carbocycles. The minimum Gasteiger partial charge on any atom is -0.275 e. The van der Waals surface area contributed by atoms with Gasteiger partial charge in [0.1, 0.15) is 5.54 Å². The van der Waals surface area contributed by atoms with Crippen LogP contribution in [0.15, 0.2) is 42.5 Å². The van der Waals surface area contributed by atoms with E-state index in [9.17, 15) is 14.4 Å². The Hall–Kier alpha value is -2.88. The Morgan fingerprint density at radius 2 is 1.68 bits per heavy atom. The van der Waals surface area contributed by atoms with Gasteiger partial charge in [0.15, 0.2) is 0 Å². The highest BCUT2D eigenvalue weighted by Crippen LogP contribution is 2.36. The van der Waals surface area contributed by atoms with Crippen LogP contribution in [0.3, 0.4) is 0 Å². The van der Waals surface area contributed by atoms with Crippen LogP contribution in [0, 0.1) is 11.3 Å². The highest BCUT2D eigenvalue weighted by atomic mass is 35.5. The van der Waals surface area contributed by atoms with E-state index in [0.29, 0.717) is 11.1 Å². The number of rotatable bonds is 3. The van der Waals surface area contributed by atoms with Crippen molar-refractivity contribution in [2.24, 2.45) is 0 Å². The number of benzene rings is 2. The van der Waals surface area contributed by atoms with E-state index in [1.807, 2.05) is 6.07 Å². The first-order valence-electron chi connectivity index (χ1n) is 8.32. The van der Waals surface area contributed by atoms with Crippen LogP contribution in [0.2, 0.25) is 10.0 Å². The molecular formula is C20H15Cl2N3O3. The van der Waals surface area contributed by atoms with Gasteiger partial charge in [-0.05, 0) is 42.8 Å². The highest BCUT2D eigenvalue weighted by molar-refractivity contribution is 6.36. The summed E-state index contributed by atoms with van der Waals surface area (Å²) in [7, 11) is 0. The number of nitrogens with zero attached hydrogens (tertiary/aromatic N) is 3. The minimum atomic E-state index is -1.42. The van der Waals surface area contributed by atoms with Gasteiger partial charge in [-0.2, -0.15) is 5.26 Å².